The predicted molar refractivity (Wildman–Crippen MR) is 117 cm³/mol. The van der Waals surface area contributed by atoms with E-state index in [0.29, 0.717) is 6.67 Å². The van der Waals surface area contributed by atoms with Gasteiger partial charge in [0, 0.05) is 19.7 Å². The van der Waals surface area contributed by atoms with Crippen molar-refractivity contribution in [3.8, 4) is 0 Å². The van der Waals surface area contributed by atoms with Gasteiger partial charge >= 0.3 is 5.69 Å². The van der Waals surface area contributed by atoms with Gasteiger partial charge in [-0.1, -0.05) is 42.5 Å². The maximum Gasteiger partial charge on any atom is 0.327 e. The van der Waals surface area contributed by atoms with Gasteiger partial charge in [-0.05, 0) is 55.7 Å². The molecule has 1 aliphatic rings. The molecule has 0 aliphatic carbocycles. The first-order chi connectivity index (χ1) is 14.2. The van der Waals surface area contributed by atoms with Gasteiger partial charge in [0.2, 0.25) is 0 Å². The topological polar surface area (TPSA) is 50.3 Å². The lowest BCUT2D eigenvalue weighted by Gasteiger charge is -2.42. The third-order valence-corrected chi connectivity index (χ3v) is 6.34. The van der Waals surface area contributed by atoms with Gasteiger partial charge in [0.1, 0.15) is 0 Å². The Balaban J connectivity index is 1.42. The zero-order valence-corrected chi connectivity index (χ0v) is 17.3. The third-order valence-electron chi connectivity index (χ3n) is 6.34. The van der Waals surface area contributed by atoms with E-state index in [-0.39, 0.29) is 11.1 Å². The van der Waals surface area contributed by atoms with Crippen LogP contribution < -0.4 is 5.69 Å². The van der Waals surface area contributed by atoms with Gasteiger partial charge < -0.3 is 9.72 Å². The van der Waals surface area contributed by atoms with Crippen molar-refractivity contribution >= 4 is 11.0 Å². The van der Waals surface area contributed by atoms with Crippen LogP contribution in [0.2, 0.25) is 0 Å². The van der Waals surface area contributed by atoms with Gasteiger partial charge in [-0.2, -0.15) is 0 Å². The van der Waals surface area contributed by atoms with Crippen molar-refractivity contribution in [3.05, 3.63) is 70.6 Å². The van der Waals surface area contributed by atoms with E-state index in [9.17, 15) is 4.79 Å². The zero-order chi connectivity index (χ0) is 20.1. The van der Waals surface area contributed by atoms with Crippen LogP contribution in [0, 0.1) is 5.41 Å². The second kappa shape index (κ2) is 8.97. The van der Waals surface area contributed by atoms with Gasteiger partial charge in [-0.15, -0.1) is 0 Å². The molecule has 0 spiro atoms. The first-order valence-corrected chi connectivity index (χ1v) is 10.7. The molecule has 0 bridgehead atoms. The van der Waals surface area contributed by atoms with Crippen molar-refractivity contribution in [2.24, 2.45) is 5.41 Å². The molecule has 0 unspecified atom stereocenters. The molecule has 29 heavy (non-hydrogen) atoms. The van der Waals surface area contributed by atoms with E-state index in [1.54, 1.807) is 0 Å². The van der Waals surface area contributed by atoms with Crippen LogP contribution in [0.1, 0.15) is 31.7 Å². The minimum absolute atomic E-state index is 0.0265. The fraction of sp³-hybridized carbons (Fsp3) is 0.458. The number of para-hydroxylation sites is 2. The van der Waals surface area contributed by atoms with Crippen molar-refractivity contribution in [1.29, 1.82) is 0 Å². The van der Waals surface area contributed by atoms with Gasteiger partial charge in [-0.25, -0.2) is 4.79 Å². The summed E-state index contributed by atoms with van der Waals surface area (Å²) in [4.78, 5) is 17.8. The summed E-state index contributed by atoms with van der Waals surface area (Å²) in [7, 11) is 0. The highest BCUT2D eigenvalue weighted by molar-refractivity contribution is 5.74. The van der Waals surface area contributed by atoms with Crippen LogP contribution in [0.5, 0.6) is 0 Å². The Morgan fingerprint density at radius 1 is 1.03 bits per heavy atom. The van der Waals surface area contributed by atoms with Crippen LogP contribution in [-0.4, -0.2) is 40.8 Å². The summed E-state index contributed by atoms with van der Waals surface area (Å²) >= 11 is 0. The Morgan fingerprint density at radius 2 is 1.76 bits per heavy atom. The zero-order valence-electron chi connectivity index (χ0n) is 17.3. The van der Waals surface area contributed by atoms with Crippen LogP contribution in [0.4, 0.5) is 0 Å². The molecule has 0 radical (unpaired) electrons. The number of hydrogen-bond donors (Lipinski definition) is 1. The lowest BCUT2D eigenvalue weighted by atomic mass is 9.75. The molecule has 0 amide bonds. The molecule has 154 valence electrons. The van der Waals surface area contributed by atoms with E-state index in [0.717, 1.165) is 63.0 Å². The lowest BCUT2D eigenvalue weighted by Crippen LogP contribution is -2.44. The first kappa shape index (κ1) is 19.9. The number of aromatic amines is 1. The summed E-state index contributed by atoms with van der Waals surface area (Å²) in [6, 6.07) is 18.6. The maximum absolute atomic E-state index is 12.4. The third kappa shape index (κ3) is 4.62. The first-order valence-electron chi connectivity index (χ1n) is 10.7. The van der Waals surface area contributed by atoms with Gasteiger partial charge in [0.15, 0.2) is 0 Å². The average Bonchev–Trinajstić information content (AvgIpc) is 3.08. The number of likely N-dealkylation sites (tertiary alicyclic amines) is 1. The van der Waals surface area contributed by atoms with E-state index in [1.165, 1.54) is 5.56 Å². The van der Waals surface area contributed by atoms with Gasteiger partial charge in [0.05, 0.1) is 24.3 Å². The van der Waals surface area contributed by atoms with Crippen LogP contribution in [0.3, 0.4) is 0 Å². The molecule has 2 heterocycles. The molecular formula is C24H31N3O2. The van der Waals surface area contributed by atoms with Crippen molar-refractivity contribution in [2.75, 3.05) is 26.3 Å². The largest absolute Gasteiger partial charge is 0.381 e. The number of imidazole rings is 1. The van der Waals surface area contributed by atoms with Crippen molar-refractivity contribution in [2.45, 2.75) is 39.3 Å². The molecule has 5 heteroatoms. The second-order valence-corrected chi connectivity index (χ2v) is 8.26. The number of piperidine rings is 1. The molecule has 1 aromatic heterocycles. The number of ether oxygens (including phenoxy) is 1. The quantitative estimate of drug-likeness (QED) is 0.628. The fourth-order valence-electron chi connectivity index (χ4n) is 4.46. The molecule has 1 N–H and O–H groups in total. The van der Waals surface area contributed by atoms with Crippen molar-refractivity contribution in [1.82, 2.24) is 14.5 Å². The molecule has 1 fully saturated rings. The normalized spacial score (nSPS) is 17.0. The summed E-state index contributed by atoms with van der Waals surface area (Å²) in [5.41, 5.74) is 3.49. The highest BCUT2D eigenvalue weighted by Gasteiger charge is 2.34. The molecule has 3 aromatic rings. The minimum atomic E-state index is -0.0265. The standard InChI is InChI=1S/C24H31N3O2/c1-2-29-18-24(13-12-20-8-4-3-5-9-20)14-16-26(17-15-24)19-27-22-11-7-6-10-21(22)25-23(27)28/h3-11H,2,12-19H2,1H3,(H,25,28). The van der Waals surface area contributed by atoms with E-state index in [1.807, 2.05) is 28.8 Å². The predicted octanol–water partition coefficient (Wildman–Crippen LogP) is 4.04. The molecule has 1 saturated heterocycles. The number of fused-ring (bicyclic) bond motifs is 1. The van der Waals surface area contributed by atoms with Crippen molar-refractivity contribution in [3.63, 3.8) is 0 Å². The monoisotopic (exact) mass is 393 g/mol. The minimum Gasteiger partial charge on any atom is -0.381 e. The van der Waals surface area contributed by atoms with E-state index in [4.69, 9.17) is 4.74 Å². The summed E-state index contributed by atoms with van der Waals surface area (Å²) < 4.78 is 7.76. The van der Waals surface area contributed by atoms with Crippen LogP contribution >= 0.6 is 0 Å². The fourth-order valence-corrected chi connectivity index (χ4v) is 4.46. The van der Waals surface area contributed by atoms with Gasteiger partial charge in [-0.3, -0.25) is 9.47 Å². The van der Waals surface area contributed by atoms with E-state index < -0.39 is 0 Å². The van der Waals surface area contributed by atoms with E-state index >= 15 is 0 Å². The SMILES string of the molecule is CCOCC1(CCc2ccccc2)CCN(Cn2c(=O)[nH]c3ccccc32)CC1. The summed E-state index contributed by atoms with van der Waals surface area (Å²) in [6.07, 6.45) is 4.46. The summed E-state index contributed by atoms with van der Waals surface area (Å²) in [5.74, 6) is 0. The van der Waals surface area contributed by atoms with Crippen LogP contribution in [0.15, 0.2) is 59.4 Å². The Bertz CT molecular complexity index is 968. The Kier molecular flexibility index (Phi) is 6.16. The molecular weight excluding hydrogens is 362 g/mol. The Morgan fingerprint density at radius 3 is 2.52 bits per heavy atom. The maximum atomic E-state index is 12.4. The number of rotatable bonds is 8. The number of benzene rings is 2. The highest BCUT2D eigenvalue weighted by Crippen LogP contribution is 2.37. The average molecular weight is 394 g/mol. The second-order valence-electron chi connectivity index (χ2n) is 8.26. The lowest BCUT2D eigenvalue weighted by molar-refractivity contribution is -0.00693. The Labute approximate surface area is 172 Å². The molecule has 4 rings (SSSR count). The molecule has 0 saturated carbocycles. The van der Waals surface area contributed by atoms with Crippen LogP contribution in [0.25, 0.3) is 11.0 Å². The summed E-state index contributed by atoms with van der Waals surface area (Å²) in [5, 5.41) is 0. The molecule has 2 aromatic carbocycles. The number of nitrogens with one attached hydrogen (secondary N) is 1. The summed E-state index contributed by atoms with van der Waals surface area (Å²) in [6.45, 7) is 6.30. The molecule has 0 atom stereocenters. The molecule has 5 nitrogen and oxygen atoms in total. The van der Waals surface area contributed by atoms with Gasteiger partial charge in [0.25, 0.3) is 0 Å². The number of aryl methyl sites for hydroxylation is 1. The highest BCUT2D eigenvalue weighted by atomic mass is 16.5. The molecule has 1 aliphatic heterocycles. The van der Waals surface area contributed by atoms with Crippen molar-refractivity contribution < 1.29 is 4.74 Å². The number of nitrogens with zero attached hydrogens (tertiary/aromatic N) is 2. The number of hydrogen-bond acceptors (Lipinski definition) is 3. The smallest absolute Gasteiger partial charge is 0.327 e. The van der Waals surface area contributed by atoms with Crippen LogP contribution in [-0.2, 0) is 17.8 Å². The number of aromatic nitrogens is 2. The number of H-pyrrole nitrogens is 1. The van der Waals surface area contributed by atoms with E-state index in [2.05, 4.69) is 47.1 Å². The Hall–Kier alpha value is -2.37.